The number of rotatable bonds is 9. The molecule has 13 heteroatoms. The summed E-state index contributed by atoms with van der Waals surface area (Å²) >= 11 is 6.26. The molecule has 3 aromatic carbocycles. The molecule has 0 bridgehead atoms. The number of hydrogen-bond acceptors (Lipinski definition) is 9. The molecule has 1 unspecified atom stereocenters. The summed E-state index contributed by atoms with van der Waals surface area (Å²) in [7, 11) is 0. The lowest BCUT2D eigenvalue weighted by Gasteiger charge is -2.63. The van der Waals surface area contributed by atoms with E-state index in [9.17, 15) is 29.2 Å². The molecule has 6 aliphatic rings. The van der Waals surface area contributed by atoms with E-state index in [0.29, 0.717) is 44.4 Å². The Morgan fingerprint density at radius 1 is 0.850 bits per heavy atom. The Morgan fingerprint density at radius 3 is 2.17 bits per heavy atom. The number of piperidine rings is 2. The summed E-state index contributed by atoms with van der Waals surface area (Å²) < 4.78 is 6.39. The van der Waals surface area contributed by atoms with Gasteiger partial charge in [-0.1, -0.05) is 39.3 Å². The number of carbonyl (C=O) groups excluding carboxylic acids is 5. The molecule has 1 atom stereocenters. The fourth-order valence-corrected chi connectivity index (χ4v) is 11.9. The molecule has 5 fully saturated rings. The van der Waals surface area contributed by atoms with Crippen LogP contribution in [0.3, 0.4) is 0 Å². The Hall–Kier alpha value is -5.41. The molecule has 2 N–H and O–H groups in total. The minimum atomic E-state index is -0.963. The van der Waals surface area contributed by atoms with Gasteiger partial charge in [-0.05, 0) is 105 Å². The third-order valence-corrected chi connectivity index (χ3v) is 14.8. The highest BCUT2D eigenvalue weighted by Gasteiger charge is 2.64. The van der Waals surface area contributed by atoms with Crippen molar-refractivity contribution in [2.45, 2.75) is 90.8 Å². The van der Waals surface area contributed by atoms with Gasteiger partial charge in [0, 0.05) is 77.9 Å². The molecule has 1 spiro atoms. The summed E-state index contributed by atoms with van der Waals surface area (Å²) in [5.74, 6) is -0.0269. The van der Waals surface area contributed by atoms with Gasteiger partial charge in [-0.2, -0.15) is 5.26 Å². The van der Waals surface area contributed by atoms with Gasteiger partial charge in [0.25, 0.3) is 17.7 Å². The number of nitrogens with zero attached hydrogens (tertiary/aromatic N) is 4. The summed E-state index contributed by atoms with van der Waals surface area (Å²) in [6.45, 7) is 12.3. The molecular weight excluding hydrogens is 780 g/mol. The molecular formula is C47H51ClN6O6. The van der Waals surface area contributed by atoms with Crippen LogP contribution >= 0.6 is 11.6 Å². The van der Waals surface area contributed by atoms with Crippen LogP contribution in [0.4, 0.5) is 11.4 Å². The summed E-state index contributed by atoms with van der Waals surface area (Å²) in [5.41, 5.74) is 3.44. The molecule has 9 rings (SSSR count). The number of nitriles is 1. The third kappa shape index (κ3) is 6.79. The number of nitrogens with one attached hydrogen (secondary N) is 2. The van der Waals surface area contributed by atoms with Crippen molar-refractivity contribution < 1.29 is 28.7 Å². The van der Waals surface area contributed by atoms with Crippen LogP contribution in [0, 0.1) is 39.4 Å². The average Bonchev–Trinajstić information content (AvgIpc) is 3.44. The van der Waals surface area contributed by atoms with E-state index >= 15 is 0 Å². The molecule has 312 valence electrons. The average molecular weight is 831 g/mol. The molecule has 5 amide bonds. The van der Waals surface area contributed by atoms with Gasteiger partial charge in [0.15, 0.2) is 0 Å². The monoisotopic (exact) mass is 830 g/mol. The smallest absolute Gasteiger partial charge is 0.262 e. The zero-order valence-electron chi connectivity index (χ0n) is 34.6. The number of imide groups is 2. The van der Waals surface area contributed by atoms with E-state index in [2.05, 4.69) is 66.3 Å². The van der Waals surface area contributed by atoms with Crippen molar-refractivity contribution >= 4 is 52.5 Å². The van der Waals surface area contributed by atoms with Gasteiger partial charge in [-0.3, -0.25) is 34.2 Å². The maximum absolute atomic E-state index is 13.5. The summed E-state index contributed by atoms with van der Waals surface area (Å²) in [6.07, 6.45) is 5.98. The highest BCUT2D eigenvalue weighted by molar-refractivity contribution is 6.31. The standard InChI is InChI=1S/C47H51ClN6O6/c1-45(2)43(46(3,4)44(45)60-33-11-7-30(24-49)36(48)21-33)51-39(56)29-5-8-31(9-6-29)53-25-47(26-53)22-28(23-47)19-27-15-17-52(18-16-27)32-10-12-34-35(20-32)42(59)54(41(34)58)37-13-14-38(55)50-40(37)57/h5-12,20-21,27-28,37,43-44H,13-19,22-23,25-26H2,1-4H3,(H,51,56)(H,50,55,57)/t37?,43-,44-. The van der Waals surface area contributed by atoms with E-state index in [4.69, 9.17) is 16.3 Å². The topological polar surface area (TPSA) is 152 Å². The first-order valence-electron chi connectivity index (χ1n) is 21.2. The van der Waals surface area contributed by atoms with Crippen LogP contribution in [0.5, 0.6) is 5.75 Å². The maximum Gasteiger partial charge on any atom is 0.262 e. The largest absolute Gasteiger partial charge is 0.489 e. The normalized spacial score (nSPS) is 25.5. The molecule has 0 aromatic heterocycles. The van der Waals surface area contributed by atoms with E-state index in [-0.39, 0.29) is 47.6 Å². The van der Waals surface area contributed by atoms with Crippen molar-refractivity contribution in [2.75, 3.05) is 36.0 Å². The first kappa shape index (κ1) is 40.0. The maximum atomic E-state index is 13.5. The van der Waals surface area contributed by atoms with Crippen LogP contribution in [0.15, 0.2) is 60.7 Å². The predicted molar refractivity (Wildman–Crippen MR) is 226 cm³/mol. The first-order valence-corrected chi connectivity index (χ1v) is 21.6. The zero-order chi connectivity index (χ0) is 42.3. The Kier molecular flexibility index (Phi) is 9.77. The fraction of sp³-hybridized carbons (Fsp3) is 0.489. The molecule has 4 aliphatic heterocycles. The van der Waals surface area contributed by atoms with Crippen molar-refractivity contribution in [1.82, 2.24) is 15.5 Å². The van der Waals surface area contributed by atoms with Gasteiger partial charge < -0.3 is 19.9 Å². The van der Waals surface area contributed by atoms with Crippen LogP contribution in [0.1, 0.15) is 109 Å². The molecule has 12 nitrogen and oxygen atoms in total. The zero-order valence-corrected chi connectivity index (χ0v) is 35.3. The predicted octanol–water partition coefficient (Wildman–Crippen LogP) is 6.75. The summed E-state index contributed by atoms with van der Waals surface area (Å²) in [4.78, 5) is 69.8. The van der Waals surface area contributed by atoms with Crippen LogP contribution in [-0.4, -0.2) is 78.8 Å². The Morgan fingerprint density at radius 2 is 1.52 bits per heavy atom. The second kappa shape index (κ2) is 14.6. The number of anilines is 2. The van der Waals surface area contributed by atoms with Gasteiger partial charge in [0.2, 0.25) is 11.8 Å². The van der Waals surface area contributed by atoms with Gasteiger partial charge in [0.1, 0.15) is 24.0 Å². The lowest BCUT2D eigenvalue weighted by atomic mass is 9.49. The minimum absolute atomic E-state index is 0.0985. The summed E-state index contributed by atoms with van der Waals surface area (Å²) in [5, 5.41) is 15.1. The van der Waals surface area contributed by atoms with E-state index in [1.165, 1.54) is 19.3 Å². The molecule has 2 aliphatic carbocycles. The second-order valence-corrected chi connectivity index (χ2v) is 19.7. The molecule has 3 aromatic rings. The Labute approximate surface area is 355 Å². The fourth-order valence-electron chi connectivity index (χ4n) is 11.7. The highest BCUT2D eigenvalue weighted by Crippen LogP contribution is 2.57. The van der Waals surface area contributed by atoms with Crippen molar-refractivity contribution in [2.24, 2.45) is 28.1 Å². The van der Waals surface area contributed by atoms with Gasteiger partial charge >= 0.3 is 0 Å². The molecule has 3 saturated heterocycles. The first-order chi connectivity index (χ1) is 28.6. The number of carbonyl (C=O) groups is 5. The van der Waals surface area contributed by atoms with Crippen molar-refractivity contribution in [1.29, 1.82) is 5.26 Å². The van der Waals surface area contributed by atoms with Crippen molar-refractivity contribution in [3.8, 4) is 11.8 Å². The van der Waals surface area contributed by atoms with Gasteiger partial charge in [-0.25, -0.2) is 0 Å². The van der Waals surface area contributed by atoms with Gasteiger partial charge in [-0.15, -0.1) is 0 Å². The van der Waals surface area contributed by atoms with E-state index in [1.54, 1.807) is 30.3 Å². The number of benzene rings is 3. The van der Waals surface area contributed by atoms with Crippen LogP contribution < -0.4 is 25.2 Å². The highest BCUT2D eigenvalue weighted by atomic mass is 35.5. The number of ether oxygens (including phenoxy) is 1. The van der Waals surface area contributed by atoms with E-state index < -0.39 is 23.8 Å². The SMILES string of the molecule is CC1(C)[C@H](NC(=O)c2ccc(N3CC4(CC(CC5CCN(c6ccc7c(c6)C(=O)N(C6CCC(=O)NC6=O)C7=O)CC5)C4)C3)cc2)C(C)(C)[C@H]1Oc1ccc(C#N)c(Cl)c1. The number of hydrogen-bond donors (Lipinski definition) is 2. The minimum Gasteiger partial charge on any atom is -0.489 e. The molecule has 0 radical (unpaired) electrons. The van der Waals surface area contributed by atoms with Crippen molar-refractivity contribution in [3.05, 3.63) is 87.9 Å². The summed E-state index contributed by atoms with van der Waals surface area (Å²) in [6, 6.07) is 19.5. The van der Waals surface area contributed by atoms with E-state index in [1.807, 2.05) is 18.2 Å². The number of amides is 5. The number of halogens is 1. The lowest BCUT2D eigenvalue weighted by molar-refractivity contribution is -0.164. The molecule has 4 heterocycles. The third-order valence-electron chi connectivity index (χ3n) is 14.5. The second-order valence-electron chi connectivity index (χ2n) is 19.3. The van der Waals surface area contributed by atoms with Crippen LogP contribution in [-0.2, 0) is 9.59 Å². The quantitative estimate of drug-likeness (QED) is 0.223. The number of fused-ring (bicyclic) bond motifs is 1. The Balaban J connectivity index is 0.716. The van der Waals surface area contributed by atoms with Crippen molar-refractivity contribution in [3.63, 3.8) is 0 Å². The molecule has 2 saturated carbocycles. The van der Waals surface area contributed by atoms with Crippen LogP contribution in [0.25, 0.3) is 0 Å². The van der Waals surface area contributed by atoms with Gasteiger partial charge in [0.05, 0.1) is 21.7 Å². The molecule has 60 heavy (non-hydrogen) atoms. The van der Waals surface area contributed by atoms with E-state index in [0.717, 1.165) is 61.2 Å². The van der Waals surface area contributed by atoms with Crippen LogP contribution in [0.2, 0.25) is 5.02 Å². The lowest BCUT2D eigenvalue weighted by Crippen LogP contribution is -2.74. The Bertz CT molecular complexity index is 2320.